The molecule has 1 heterocycles. The summed E-state index contributed by atoms with van der Waals surface area (Å²) in [6.45, 7) is 1.19. The molecule has 110 valence electrons. The van der Waals surface area contributed by atoms with Crippen molar-refractivity contribution in [3.8, 4) is 0 Å². The van der Waals surface area contributed by atoms with Crippen LogP contribution >= 0.6 is 0 Å². The van der Waals surface area contributed by atoms with Crippen molar-refractivity contribution in [2.24, 2.45) is 11.5 Å². The summed E-state index contributed by atoms with van der Waals surface area (Å²) in [5.74, 6) is -0.851. The Labute approximate surface area is 121 Å². The fourth-order valence-corrected chi connectivity index (χ4v) is 1.75. The SMILES string of the molecule is NCCn1cc(C(=O)NCc2cccc(C(N)=O)c2)nn1. The van der Waals surface area contributed by atoms with E-state index in [1.54, 1.807) is 24.3 Å². The van der Waals surface area contributed by atoms with Crippen molar-refractivity contribution in [1.29, 1.82) is 0 Å². The number of amides is 2. The second-order valence-corrected chi connectivity index (χ2v) is 4.40. The highest BCUT2D eigenvalue weighted by Crippen LogP contribution is 2.05. The van der Waals surface area contributed by atoms with Crippen LogP contribution in [0, 0.1) is 0 Å². The Bertz CT molecular complexity index is 652. The van der Waals surface area contributed by atoms with Crippen molar-refractivity contribution < 1.29 is 9.59 Å². The molecule has 8 heteroatoms. The monoisotopic (exact) mass is 288 g/mol. The largest absolute Gasteiger partial charge is 0.366 e. The molecule has 0 atom stereocenters. The average molecular weight is 288 g/mol. The Morgan fingerprint density at radius 2 is 2.14 bits per heavy atom. The molecule has 0 aliphatic carbocycles. The van der Waals surface area contributed by atoms with Gasteiger partial charge in [-0.2, -0.15) is 0 Å². The molecule has 5 N–H and O–H groups in total. The Morgan fingerprint density at radius 1 is 1.33 bits per heavy atom. The lowest BCUT2D eigenvalue weighted by atomic mass is 10.1. The van der Waals surface area contributed by atoms with E-state index in [1.165, 1.54) is 10.9 Å². The van der Waals surface area contributed by atoms with E-state index in [4.69, 9.17) is 11.5 Å². The number of hydrogen-bond donors (Lipinski definition) is 3. The van der Waals surface area contributed by atoms with Gasteiger partial charge >= 0.3 is 0 Å². The molecule has 0 aliphatic rings. The predicted octanol–water partition coefficient (Wildman–Crippen LogP) is -0.734. The van der Waals surface area contributed by atoms with Crippen LogP contribution in [0.1, 0.15) is 26.4 Å². The molecule has 0 fully saturated rings. The van der Waals surface area contributed by atoms with Gasteiger partial charge in [-0.25, -0.2) is 0 Å². The van der Waals surface area contributed by atoms with Gasteiger partial charge in [0.25, 0.3) is 5.91 Å². The molecule has 0 bridgehead atoms. The van der Waals surface area contributed by atoms with Crippen LogP contribution in [0.4, 0.5) is 0 Å². The third-order valence-corrected chi connectivity index (χ3v) is 2.79. The maximum atomic E-state index is 11.9. The lowest BCUT2D eigenvalue weighted by molar-refractivity contribution is 0.0945. The van der Waals surface area contributed by atoms with E-state index in [-0.39, 0.29) is 18.1 Å². The van der Waals surface area contributed by atoms with Crippen molar-refractivity contribution in [2.75, 3.05) is 6.54 Å². The Hall–Kier alpha value is -2.74. The van der Waals surface area contributed by atoms with Crippen molar-refractivity contribution in [3.63, 3.8) is 0 Å². The molecule has 0 radical (unpaired) electrons. The van der Waals surface area contributed by atoms with E-state index in [0.29, 0.717) is 18.7 Å². The predicted molar refractivity (Wildman–Crippen MR) is 75.2 cm³/mol. The van der Waals surface area contributed by atoms with Crippen LogP contribution in [-0.4, -0.2) is 33.4 Å². The second kappa shape index (κ2) is 6.62. The molecule has 21 heavy (non-hydrogen) atoms. The second-order valence-electron chi connectivity index (χ2n) is 4.40. The maximum absolute atomic E-state index is 11.9. The first-order chi connectivity index (χ1) is 10.1. The minimum Gasteiger partial charge on any atom is -0.366 e. The van der Waals surface area contributed by atoms with Gasteiger partial charge in [-0.3, -0.25) is 14.3 Å². The number of nitrogens with one attached hydrogen (secondary N) is 1. The normalized spacial score (nSPS) is 10.3. The number of nitrogens with two attached hydrogens (primary N) is 2. The zero-order chi connectivity index (χ0) is 15.2. The number of carbonyl (C=O) groups excluding carboxylic acids is 2. The van der Waals surface area contributed by atoms with Gasteiger partial charge in [-0.05, 0) is 17.7 Å². The highest BCUT2D eigenvalue weighted by molar-refractivity contribution is 5.93. The molecule has 1 aromatic heterocycles. The number of carbonyl (C=O) groups is 2. The molecule has 8 nitrogen and oxygen atoms in total. The molecule has 1 aromatic carbocycles. The van der Waals surface area contributed by atoms with Crippen molar-refractivity contribution in [3.05, 3.63) is 47.3 Å². The van der Waals surface area contributed by atoms with Crippen LogP contribution in [0.3, 0.4) is 0 Å². The highest BCUT2D eigenvalue weighted by Gasteiger charge is 2.10. The van der Waals surface area contributed by atoms with E-state index in [0.717, 1.165) is 5.56 Å². The van der Waals surface area contributed by atoms with Gasteiger partial charge < -0.3 is 16.8 Å². The van der Waals surface area contributed by atoms with Gasteiger partial charge in [0, 0.05) is 18.7 Å². The Morgan fingerprint density at radius 3 is 2.86 bits per heavy atom. The quantitative estimate of drug-likeness (QED) is 0.645. The standard InChI is InChI=1S/C13H16N6O2/c14-4-5-19-8-11(17-18-19)13(21)16-7-9-2-1-3-10(6-9)12(15)20/h1-3,6,8H,4-5,7,14H2,(H2,15,20)(H,16,21). The van der Waals surface area contributed by atoms with E-state index in [2.05, 4.69) is 15.6 Å². The molecule has 0 aliphatic heterocycles. The zero-order valence-electron chi connectivity index (χ0n) is 11.3. The van der Waals surface area contributed by atoms with Gasteiger partial charge in [0.05, 0.1) is 12.7 Å². The number of nitrogens with zero attached hydrogens (tertiary/aromatic N) is 3. The topological polar surface area (TPSA) is 129 Å². The fraction of sp³-hybridized carbons (Fsp3) is 0.231. The summed E-state index contributed by atoms with van der Waals surface area (Å²) in [7, 11) is 0. The van der Waals surface area contributed by atoms with Gasteiger partial charge in [0.15, 0.2) is 5.69 Å². The smallest absolute Gasteiger partial charge is 0.273 e. The number of hydrogen-bond acceptors (Lipinski definition) is 5. The number of aromatic nitrogens is 3. The zero-order valence-corrected chi connectivity index (χ0v) is 11.3. The minimum atomic E-state index is -0.507. The molecular weight excluding hydrogens is 272 g/mol. The van der Waals surface area contributed by atoms with Crippen LogP contribution in [0.15, 0.2) is 30.5 Å². The first-order valence-corrected chi connectivity index (χ1v) is 6.37. The first kappa shape index (κ1) is 14.7. The first-order valence-electron chi connectivity index (χ1n) is 6.37. The van der Waals surface area contributed by atoms with Crippen LogP contribution in [-0.2, 0) is 13.1 Å². The van der Waals surface area contributed by atoms with Crippen molar-refractivity contribution in [1.82, 2.24) is 20.3 Å². The molecule has 2 rings (SSSR count). The minimum absolute atomic E-state index is 0.217. The third-order valence-electron chi connectivity index (χ3n) is 2.79. The summed E-state index contributed by atoms with van der Waals surface area (Å²) in [5, 5.41) is 10.2. The van der Waals surface area contributed by atoms with E-state index in [9.17, 15) is 9.59 Å². The summed E-state index contributed by atoms with van der Waals surface area (Å²) in [6, 6.07) is 6.75. The van der Waals surface area contributed by atoms with E-state index >= 15 is 0 Å². The van der Waals surface area contributed by atoms with Crippen LogP contribution in [0.25, 0.3) is 0 Å². The summed E-state index contributed by atoms with van der Waals surface area (Å²) < 4.78 is 1.50. The lowest BCUT2D eigenvalue weighted by Crippen LogP contribution is -2.23. The van der Waals surface area contributed by atoms with Gasteiger partial charge in [-0.1, -0.05) is 17.3 Å². The van der Waals surface area contributed by atoms with Gasteiger partial charge in [-0.15, -0.1) is 5.10 Å². The van der Waals surface area contributed by atoms with E-state index < -0.39 is 5.91 Å². The molecular formula is C13H16N6O2. The Kier molecular flexibility index (Phi) is 4.62. The van der Waals surface area contributed by atoms with Crippen LogP contribution in [0.2, 0.25) is 0 Å². The third kappa shape index (κ3) is 3.86. The van der Waals surface area contributed by atoms with E-state index in [1.807, 2.05) is 0 Å². The molecule has 2 aromatic rings. The fourth-order valence-electron chi connectivity index (χ4n) is 1.75. The summed E-state index contributed by atoms with van der Waals surface area (Å²) in [5.41, 5.74) is 12.0. The van der Waals surface area contributed by atoms with Crippen molar-refractivity contribution in [2.45, 2.75) is 13.1 Å². The molecule has 2 amide bonds. The van der Waals surface area contributed by atoms with Crippen LogP contribution in [0.5, 0.6) is 0 Å². The molecule has 0 saturated heterocycles. The maximum Gasteiger partial charge on any atom is 0.273 e. The highest BCUT2D eigenvalue weighted by atomic mass is 16.2. The molecule has 0 saturated carbocycles. The number of primary amides is 1. The van der Waals surface area contributed by atoms with Gasteiger partial charge in [0.1, 0.15) is 0 Å². The Balaban J connectivity index is 1.97. The average Bonchev–Trinajstić information content (AvgIpc) is 2.94. The molecule has 0 spiro atoms. The summed E-state index contributed by atoms with van der Waals surface area (Å²) in [4.78, 5) is 23.0. The summed E-state index contributed by atoms with van der Waals surface area (Å²) in [6.07, 6.45) is 1.53. The number of benzene rings is 1. The van der Waals surface area contributed by atoms with Gasteiger partial charge in [0.2, 0.25) is 5.91 Å². The van der Waals surface area contributed by atoms with Crippen LogP contribution < -0.4 is 16.8 Å². The molecule has 0 unspecified atom stereocenters. The summed E-state index contributed by atoms with van der Waals surface area (Å²) >= 11 is 0. The van der Waals surface area contributed by atoms with Crippen molar-refractivity contribution >= 4 is 11.8 Å². The lowest BCUT2D eigenvalue weighted by Gasteiger charge is -2.04. The number of rotatable bonds is 6.